The van der Waals surface area contributed by atoms with Crippen LogP contribution < -0.4 is 9.47 Å². The van der Waals surface area contributed by atoms with Gasteiger partial charge in [0.15, 0.2) is 21.3 Å². The summed E-state index contributed by atoms with van der Waals surface area (Å²) in [6, 6.07) is 10.2. The van der Waals surface area contributed by atoms with Gasteiger partial charge in [0, 0.05) is 10.6 Å². The molecule has 0 bridgehead atoms. The summed E-state index contributed by atoms with van der Waals surface area (Å²) in [5, 5.41) is 0.868. The zero-order valence-electron chi connectivity index (χ0n) is 14.5. The molecule has 1 aromatic heterocycles. The van der Waals surface area contributed by atoms with Crippen LogP contribution in [-0.4, -0.2) is 26.6 Å². The first-order valence-electron chi connectivity index (χ1n) is 8.38. The van der Waals surface area contributed by atoms with E-state index in [9.17, 15) is 8.42 Å². The fourth-order valence-electron chi connectivity index (χ4n) is 2.91. The van der Waals surface area contributed by atoms with E-state index < -0.39 is 9.84 Å². The van der Waals surface area contributed by atoms with Crippen LogP contribution in [0.3, 0.4) is 0 Å². The minimum atomic E-state index is -3.51. The van der Waals surface area contributed by atoms with E-state index in [4.69, 9.17) is 37.1 Å². The summed E-state index contributed by atoms with van der Waals surface area (Å²) in [5.41, 5.74) is 1.51. The molecule has 146 valence electrons. The second kappa shape index (κ2) is 7.66. The Bertz CT molecular complexity index is 1130. The topological polar surface area (TPSA) is 78.6 Å². The lowest BCUT2D eigenvalue weighted by molar-refractivity contribution is 0.171. The van der Waals surface area contributed by atoms with Crippen LogP contribution in [0.15, 0.2) is 47.1 Å². The molecule has 2 aromatic carbocycles. The van der Waals surface area contributed by atoms with Gasteiger partial charge in [-0.05, 0) is 35.9 Å². The van der Waals surface area contributed by atoms with Gasteiger partial charge in [0.25, 0.3) is 0 Å². The average Bonchev–Trinajstić information content (AvgIpc) is 3.09. The number of sulfone groups is 1. The molecule has 0 aliphatic carbocycles. The minimum Gasteiger partial charge on any atom is -0.486 e. The zero-order chi connectivity index (χ0) is 19.7. The smallest absolute Gasteiger partial charge is 0.226 e. The highest BCUT2D eigenvalue weighted by molar-refractivity contribution is 7.89. The van der Waals surface area contributed by atoms with Gasteiger partial charge in [0.1, 0.15) is 19.5 Å². The predicted molar refractivity (Wildman–Crippen MR) is 106 cm³/mol. The lowest BCUT2D eigenvalue weighted by Gasteiger charge is -2.20. The van der Waals surface area contributed by atoms with Crippen LogP contribution in [0.1, 0.15) is 11.3 Å². The van der Waals surface area contributed by atoms with E-state index in [-0.39, 0.29) is 11.5 Å². The second-order valence-corrected chi connectivity index (χ2v) is 9.20. The molecule has 0 atom stereocenters. The van der Waals surface area contributed by atoms with Crippen LogP contribution in [0.2, 0.25) is 10.0 Å². The Morgan fingerprint density at radius 3 is 2.68 bits per heavy atom. The van der Waals surface area contributed by atoms with Crippen LogP contribution in [0.5, 0.6) is 11.5 Å². The molecule has 0 spiro atoms. The third-order valence-electron chi connectivity index (χ3n) is 4.03. The number of hydrogen-bond acceptors (Lipinski definition) is 6. The van der Waals surface area contributed by atoms with Crippen molar-refractivity contribution < 1.29 is 22.3 Å². The van der Waals surface area contributed by atoms with Crippen molar-refractivity contribution >= 4 is 33.0 Å². The number of aromatic nitrogens is 1. The van der Waals surface area contributed by atoms with Gasteiger partial charge in [0.2, 0.25) is 5.89 Å². The highest BCUT2D eigenvalue weighted by Gasteiger charge is 2.21. The van der Waals surface area contributed by atoms with Crippen LogP contribution >= 0.6 is 23.2 Å². The molecule has 6 nitrogen and oxygen atoms in total. The Labute approximate surface area is 171 Å². The Hall–Kier alpha value is -2.22. The van der Waals surface area contributed by atoms with Gasteiger partial charge in [-0.15, -0.1) is 0 Å². The molecule has 1 aliphatic heterocycles. The molecule has 28 heavy (non-hydrogen) atoms. The summed E-state index contributed by atoms with van der Waals surface area (Å²) < 4.78 is 41.6. The van der Waals surface area contributed by atoms with Crippen molar-refractivity contribution in [2.75, 3.05) is 13.2 Å². The third kappa shape index (κ3) is 4.27. The van der Waals surface area contributed by atoms with Gasteiger partial charge in [0.05, 0.1) is 22.2 Å². The van der Waals surface area contributed by atoms with E-state index in [1.807, 2.05) is 0 Å². The molecule has 0 saturated carbocycles. The van der Waals surface area contributed by atoms with Gasteiger partial charge in [-0.1, -0.05) is 29.3 Å². The number of benzene rings is 2. The van der Waals surface area contributed by atoms with Crippen molar-refractivity contribution in [3.8, 4) is 23.0 Å². The van der Waals surface area contributed by atoms with Crippen LogP contribution in [0, 0.1) is 0 Å². The number of oxazole rings is 1. The lowest BCUT2D eigenvalue weighted by Crippen LogP contribution is -2.16. The van der Waals surface area contributed by atoms with Gasteiger partial charge in [-0.3, -0.25) is 0 Å². The molecule has 0 unspecified atom stereocenters. The standard InChI is InChI=1S/C19H15Cl2NO5S/c20-14-3-1-2-13(8-14)19-22-15(9-27-19)11-28(23,24)10-12-6-16(21)18-17(7-12)25-4-5-26-18/h1-3,6-9H,4-5,10-11H2. The monoisotopic (exact) mass is 439 g/mol. The number of halogens is 2. The summed E-state index contributed by atoms with van der Waals surface area (Å²) in [5.74, 6) is 0.742. The van der Waals surface area contributed by atoms with E-state index >= 15 is 0 Å². The van der Waals surface area contributed by atoms with Gasteiger partial charge in [-0.25, -0.2) is 13.4 Å². The highest BCUT2D eigenvalue weighted by atomic mass is 35.5. The summed E-state index contributed by atoms with van der Waals surface area (Å²) in [6.07, 6.45) is 1.34. The molecular formula is C19H15Cl2NO5S. The maximum atomic E-state index is 12.6. The quantitative estimate of drug-likeness (QED) is 0.580. The maximum Gasteiger partial charge on any atom is 0.226 e. The molecule has 4 rings (SSSR count). The molecule has 0 N–H and O–H groups in total. The molecular weight excluding hydrogens is 425 g/mol. The first-order valence-corrected chi connectivity index (χ1v) is 11.0. The van der Waals surface area contributed by atoms with Gasteiger partial charge in [-0.2, -0.15) is 0 Å². The van der Waals surface area contributed by atoms with Crippen molar-refractivity contribution in [1.29, 1.82) is 0 Å². The third-order valence-corrected chi connectivity index (χ3v) is 6.06. The lowest BCUT2D eigenvalue weighted by atomic mass is 10.2. The summed E-state index contributed by atoms with van der Waals surface area (Å²) in [6.45, 7) is 0.802. The SMILES string of the molecule is O=S(=O)(Cc1cc(Cl)c2c(c1)OCCO2)Cc1coc(-c2cccc(Cl)c2)n1. The van der Waals surface area contributed by atoms with Crippen LogP contribution in [0.4, 0.5) is 0 Å². The van der Waals surface area contributed by atoms with Gasteiger partial charge < -0.3 is 13.9 Å². The summed E-state index contributed by atoms with van der Waals surface area (Å²) in [4.78, 5) is 4.26. The molecule has 0 amide bonds. The zero-order valence-corrected chi connectivity index (χ0v) is 16.9. The Morgan fingerprint density at radius 1 is 1.04 bits per heavy atom. The fraction of sp³-hybridized carbons (Fsp3) is 0.211. The maximum absolute atomic E-state index is 12.6. The van der Waals surface area contributed by atoms with Crippen LogP contribution in [0.25, 0.3) is 11.5 Å². The van der Waals surface area contributed by atoms with Crippen molar-refractivity contribution in [2.24, 2.45) is 0 Å². The highest BCUT2D eigenvalue weighted by Crippen LogP contribution is 2.38. The molecule has 0 fully saturated rings. The summed E-state index contributed by atoms with van der Waals surface area (Å²) >= 11 is 12.1. The van der Waals surface area contributed by atoms with Gasteiger partial charge >= 0.3 is 0 Å². The van der Waals surface area contributed by atoms with Crippen molar-refractivity contribution in [3.63, 3.8) is 0 Å². The number of nitrogens with zero attached hydrogens (tertiary/aromatic N) is 1. The number of hydrogen-bond donors (Lipinski definition) is 0. The predicted octanol–water partition coefficient (Wildman–Crippen LogP) is 4.53. The van der Waals surface area contributed by atoms with Crippen molar-refractivity contribution in [3.05, 3.63) is 64.0 Å². The van der Waals surface area contributed by atoms with Crippen molar-refractivity contribution in [1.82, 2.24) is 4.98 Å². The normalized spacial score (nSPS) is 13.5. The molecule has 1 aliphatic rings. The second-order valence-electron chi connectivity index (χ2n) is 6.29. The average molecular weight is 440 g/mol. The van der Waals surface area contributed by atoms with Crippen LogP contribution in [-0.2, 0) is 21.3 Å². The molecule has 9 heteroatoms. The number of rotatable bonds is 5. The van der Waals surface area contributed by atoms with E-state index in [1.165, 1.54) is 6.26 Å². The first kappa shape index (κ1) is 19.1. The largest absolute Gasteiger partial charge is 0.486 e. The molecule has 3 aromatic rings. The molecule has 2 heterocycles. The molecule has 0 radical (unpaired) electrons. The van der Waals surface area contributed by atoms with E-state index in [1.54, 1.807) is 36.4 Å². The fourth-order valence-corrected chi connectivity index (χ4v) is 4.74. The van der Waals surface area contributed by atoms with E-state index in [0.717, 1.165) is 0 Å². The van der Waals surface area contributed by atoms with Crippen molar-refractivity contribution in [2.45, 2.75) is 11.5 Å². The number of ether oxygens (including phenoxy) is 2. The Balaban J connectivity index is 1.52. The minimum absolute atomic E-state index is 0.206. The summed E-state index contributed by atoms with van der Waals surface area (Å²) in [7, 11) is -3.51. The Morgan fingerprint density at radius 2 is 1.86 bits per heavy atom. The first-order chi connectivity index (χ1) is 13.4. The van der Waals surface area contributed by atoms with E-state index in [0.29, 0.717) is 57.5 Å². The van der Waals surface area contributed by atoms with E-state index in [2.05, 4.69) is 4.98 Å². The molecule has 0 saturated heterocycles. The number of fused-ring (bicyclic) bond motifs is 1. The Kier molecular flexibility index (Phi) is 5.23.